The summed E-state index contributed by atoms with van der Waals surface area (Å²) < 4.78 is 0. The molecule has 0 fully saturated rings. The number of aryl methyl sites for hydroxylation is 1. The molecule has 0 heterocycles. The molecule has 0 aliphatic carbocycles. The highest BCUT2D eigenvalue weighted by molar-refractivity contribution is 6.30. The second-order valence-corrected chi connectivity index (χ2v) is 4.69. The van der Waals surface area contributed by atoms with Crippen LogP contribution >= 0.6 is 11.6 Å². The Labute approximate surface area is 104 Å². The summed E-state index contributed by atoms with van der Waals surface area (Å²) in [6.07, 6.45) is 3.71. The summed E-state index contributed by atoms with van der Waals surface area (Å²) in [7, 11) is 0. The molecule has 0 aromatic heterocycles. The van der Waals surface area contributed by atoms with Gasteiger partial charge in [-0.3, -0.25) is 0 Å². The summed E-state index contributed by atoms with van der Waals surface area (Å²) in [5.74, 6) is 0. The van der Waals surface area contributed by atoms with Crippen molar-refractivity contribution in [3.63, 3.8) is 0 Å². The fourth-order valence-electron chi connectivity index (χ4n) is 2.05. The second kappa shape index (κ2) is 6.93. The summed E-state index contributed by atoms with van der Waals surface area (Å²) in [6, 6.07) is 6.66. The van der Waals surface area contributed by atoms with Crippen molar-refractivity contribution in [1.29, 1.82) is 0 Å². The van der Waals surface area contributed by atoms with Crippen LogP contribution in [0.1, 0.15) is 50.3 Å². The monoisotopic (exact) mass is 239 g/mol. The predicted octanol–water partition coefficient (Wildman–Crippen LogP) is 4.49. The minimum Gasteiger partial charge on any atom is -0.310 e. The van der Waals surface area contributed by atoms with Crippen molar-refractivity contribution in [2.24, 2.45) is 0 Å². The molecule has 1 atom stereocenters. The number of nitrogens with one attached hydrogen (secondary N) is 1. The van der Waals surface area contributed by atoms with Gasteiger partial charge >= 0.3 is 0 Å². The van der Waals surface area contributed by atoms with Gasteiger partial charge in [0.05, 0.1) is 0 Å². The molecule has 0 aliphatic rings. The summed E-state index contributed by atoms with van der Waals surface area (Å²) in [6.45, 7) is 7.54. The van der Waals surface area contributed by atoms with Crippen molar-refractivity contribution in [3.05, 3.63) is 34.3 Å². The number of benzene rings is 1. The van der Waals surface area contributed by atoms with Gasteiger partial charge in [-0.1, -0.05) is 44.4 Å². The Morgan fingerprint density at radius 1 is 1.31 bits per heavy atom. The van der Waals surface area contributed by atoms with E-state index in [0.29, 0.717) is 6.04 Å². The minimum atomic E-state index is 0.474. The predicted molar refractivity (Wildman–Crippen MR) is 72.1 cm³/mol. The normalized spacial score (nSPS) is 12.8. The minimum absolute atomic E-state index is 0.474. The zero-order valence-corrected chi connectivity index (χ0v) is 11.3. The molecule has 1 aromatic carbocycles. The highest BCUT2D eigenvalue weighted by Gasteiger charge is 2.11. The van der Waals surface area contributed by atoms with E-state index < -0.39 is 0 Å². The number of hydrogen-bond acceptors (Lipinski definition) is 1. The largest absolute Gasteiger partial charge is 0.310 e. The number of halogens is 1. The van der Waals surface area contributed by atoms with Gasteiger partial charge in [0.2, 0.25) is 0 Å². The average molecular weight is 240 g/mol. The molecule has 1 N–H and O–H groups in total. The first kappa shape index (κ1) is 13.5. The Morgan fingerprint density at radius 2 is 2.06 bits per heavy atom. The van der Waals surface area contributed by atoms with Crippen LogP contribution in [0.3, 0.4) is 0 Å². The molecule has 0 saturated carbocycles. The van der Waals surface area contributed by atoms with E-state index in [-0.39, 0.29) is 0 Å². The summed E-state index contributed by atoms with van der Waals surface area (Å²) in [5, 5.41) is 4.38. The molecule has 1 rings (SSSR count). The molecule has 90 valence electrons. The number of unbranched alkanes of at least 4 members (excludes halogenated alkanes) is 1. The molecule has 0 bridgehead atoms. The van der Waals surface area contributed by atoms with Crippen LogP contribution in [0.25, 0.3) is 0 Å². The van der Waals surface area contributed by atoms with E-state index in [9.17, 15) is 0 Å². The molecule has 0 spiro atoms. The van der Waals surface area contributed by atoms with Crippen LogP contribution in [-0.4, -0.2) is 6.54 Å². The van der Waals surface area contributed by atoms with E-state index in [1.165, 1.54) is 30.4 Å². The first-order valence-corrected chi connectivity index (χ1v) is 6.56. The molecule has 16 heavy (non-hydrogen) atoms. The van der Waals surface area contributed by atoms with E-state index in [4.69, 9.17) is 11.6 Å². The van der Waals surface area contributed by atoms with Crippen LogP contribution in [0.2, 0.25) is 5.02 Å². The van der Waals surface area contributed by atoms with E-state index in [1.807, 2.05) is 12.1 Å². The zero-order valence-electron chi connectivity index (χ0n) is 10.5. The highest BCUT2D eigenvalue weighted by Crippen LogP contribution is 2.25. The van der Waals surface area contributed by atoms with E-state index in [0.717, 1.165) is 11.6 Å². The summed E-state index contributed by atoms with van der Waals surface area (Å²) in [4.78, 5) is 0. The third-order valence-corrected chi connectivity index (χ3v) is 3.14. The van der Waals surface area contributed by atoms with Crippen molar-refractivity contribution in [1.82, 2.24) is 5.32 Å². The molecule has 0 radical (unpaired) electrons. The molecular formula is C14H22ClN. The smallest absolute Gasteiger partial charge is 0.0408 e. The maximum atomic E-state index is 5.98. The molecule has 0 saturated heterocycles. The Balaban J connectivity index is 2.82. The van der Waals surface area contributed by atoms with Crippen molar-refractivity contribution < 1.29 is 0 Å². The van der Waals surface area contributed by atoms with Crippen LogP contribution in [0, 0.1) is 6.92 Å². The number of rotatable bonds is 6. The summed E-state index contributed by atoms with van der Waals surface area (Å²) >= 11 is 5.98. The fraction of sp³-hybridized carbons (Fsp3) is 0.571. The molecule has 0 aliphatic heterocycles. The summed E-state index contributed by atoms with van der Waals surface area (Å²) in [5.41, 5.74) is 2.68. The third kappa shape index (κ3) is 3.80. The van der Waals surface area contributed by atoms with Crippen molar-refractivity contribution >= 4 is 11.6 Å². The van der Waals surface area contributed by atoms with Crippen molar-refractivity contribution in [2.75, 3.05) is 6.54 Å². The Kier molecular flexibility index (Phi) is 5.86. The van der Waals surface area contributed by atoms with Gasteiger partial charge < -0.3 is 5.32 Å². The van der Waals surface area contributed by atoms with Crippen molar-refractivity contribution in [3.8, 4) is 0 Å². The first-order chi connectivity index (χ1) is 7.69. The first-order valence-electron chi connectivity index (χ1n) is 6.18. The number of hydrogen-bond donors (Lipinski definition) is 1. The third-order valence-electron chi connectivity index (χ3n) is 2.90. The lowest BCUT2D eigenvalue weighted by molar-refractivity contribution is 0.493. The van der Waals surface area contributed by atoms with Gasteiger partial charge in [-0.15, -0.1) is 0 Å². The standard InChI is InChI=1S/C14H22ClN/c1-4-6-7-14(16-5-2)13-9-8-12(15)10-11(13)3/h8-10,14,16H,4-7H2,1-3H3. The van der Waals surface area contributed by atoms with Crippen LogP contribution in [0.15, 0.2) is 18.2 Å². The Morgan fingerprint density at radius 3 is 2.62 bits per heavy atom. The molecule has 1 nitrogen and oxygen atoms in total. The van der Waals surface area contributed by atoms with Gasteiger partial charge in [0.15, 0.2) is 0 Å². The van der Waals surface area contributed by atoms with Crippen LogP contribution < -0.4 is 5.32 Å². The Bertz CT molecular complexity index is 323. The van der Waals surface area contributed by atoms with E-state index >= 15 is 0 Å². The Hall–Kier alpha value is -0.530. The van der Waals surface area contributed by atoms with Gasteiger partial charge in [0, 0.05) is 11.1 Å². The molecule has 0 amide bonds. The van der Waals surface area contributed by atoms with Crippen LogP contribution in [0.4, 0.5) is 0 Å². The quantitative estimate of drug-likeness (QED) is 0.771. The van der Waals surface area contributed by atoms with Gasteiger partial charge in [-0.25, -0.2) is 0 Å². The fourth-order valence-corrected chi connectivity index (χ4v) is 2.28. The lowest BCUT2D eigenvalue weighted by Crippen LogP contribution is -2.21. The van der Waals surface area contributed by atoms with Gasteiger partial charge in [-0.05, 0) is 43.1 Å². The SMILES string of the molecule is CCCCC(NCC)c1ccc(Cl)cc1C. The zero-order chi connectivity index (χ0) is 12.0. The van der Waals surface area contributed by atoms with Gasteiger partial charge in [0.25, 0.3) is 0 Å². The second-order valence-electron chi connectivity index (χ2n) is 4.25. The van der Waals surface area contributed by atoms with E-state index in [2.05, 4.69) is 32.2 Å². The van der Waals surface area contributed by atoms with Crippen molar-refractivity contribution in [2.45, 2.75) is 46.1 Å². The molecular weight excluding hydrogens is 218 g/mol. The highest BCUT2D eigenvalue weighted by atomic mass is 35.5. The van der Waals surface area contributed by atoms with Gasteiger partial charge in [0.1, 0.15) is 0 Å². The maximum Gasteiger partial charge on any atom is 0.0408 e. The van der Waals surface area contributed by atoms with Crippen LogP contribution in [0.5, 0.6) is 0 Å². The lowest BCUT2D eigenvalue weighted by atomic mass is 9.97. The molecule has 1 unspecified atom stereocenters. The molecule has 1 aromatic rings. The molecule has 2 heteroatoms. The van der Waals surface area contributed by atoms with Gasteiger partial charge in [-0.2, -0.15) is 0 Å². The lowest BCUT2D eigenvalue weighted by Gasteiger charge is -2.20. The maximum absolute atomic E-state index is 5.98. The van der Waals surface area contributed by atoms with E-state index in [1.54, 1.807) is 0 Å². The average Bonchev–Trinajstić information content (AvgIpc) is 2.25. The van der Waals surface area contributed by atoms with Crippen LogP contribution in [-0.2, 0) is 0 Å². The topological polar surface area (TPSA) is 12.0 Å².